The van der Waals surface area contributed by atoms with E-state index in [4.69, 9.17) is 23.1 Å². The van der Waals surface area contributed by atoms with Gasteiger partial charge in [-0.25, -0.2) is 0 Å². The van der Waals surface area contributed by atoms with Crippen LogP contribution in [-0.2, 0) is 29.5 Å². The van der Waals surface area contributed by atoms with Crippen LogP contribution in [0.4, 0.5) is 0 Å². The number of esters is 1. The maximum absolute atomic E-state index is 11.9. The zero-order valence-corrected chi connectivity index (χ0v) is 34.5. The maximum Gasteiger partial charge on any atom is 0.305 e. The van der Waals surface area contributed by atoms with Gasteiger partial charge in [0.15, 0.2) is 23.4 Å². The van der Waals surface area contributed by atoms with Crippen molar-refractivity contribution < 1.29 is 33.0 Å². The Balaban J connectivity index is 2.70. The standard InChI is InChI=1S/C39H66O7Si2/c1-15-16-19-28(2)33(45-47(11,12)38(3,4)5)25-24-30-34(46-48(13,14)39(6,7)8)26-32(40)36(30)31-22-17-20-29(37(31)44-27-42-9)21-18-23-35(41)43-10/h17,20,22,24-25,28,30,32-34,36,40H,18-19,21,23,26-27H2,1-14H3/b25-24+/t28?,30-,32-,33?,34-,36-/m0/s1. The number of aliphatic hydroxyl groups is 1. The lowest BCUT2D eigenvalue weighted by Gasteiger charge is -2.41. The van der Waals surface area contributed by atoms with Crippen LogP contribution in [0.2, 0.25) is 36.3 Å². The van der Waals surface area contributed by atoms with Crippen molar-refractivity contribution in [3.8, 4) is 17.6 Å². The summed E-state index contributed by atoms with van der Waals surface area (Å²) in [7, 11) is -1.29. The zero-order valence-electron chi connectivity index (χ0n) is 32.5. The van der Waals surface area contributed by atoms with Crippen molar-refractivity contribution in [1.82, 2.24) is 0 Å². The minimum atomic E-state index is -2.19. The summed E-state index contributed by atoms with van der Waals surface area (Å²) in [6.07, 6.45) is 6.37. The highest BCUT2D eigenvalue weighted by Crippen LogP contribution is 2.49. The van der Waals surface area contributed by atoms with Gasteiger partial charge in [-0.15, -0.1) is 11.8 Å². The number of benzene rings is 1. The van der Waals surface area contributed by atoms with E-state index in [1.807, 2.05) is 19.1 Å². The normalized spacial score (nSPS) is 21.9. The van der Waals surface area contributed by atoms with Gasteiger partial charge in [0.25, 0.3) is 0 Å². The quantitative estimate of drug-likeness (QED) is 0.0605. The molecule has 1 aromatic rings. The van der Waals surface area contributed by atoms with Gasteiger partial charge in [-0.3, -0.25) is 4.79 Å². The van der Waals surface area contributed by atoms with Crippen LogP contribution in [0.25, 0.3) is 0 Å². The molecule has 2 unspecified atom stereocenters. The molecule has 1 aliphatic carbocycles. The molecule has 272 valence electrons. The van der Waals surface area contributed by atoms with Crippen LogP contribution in [0.5, 0.6) is 5.75 Å². The van der Waals surface area contributed by atoms with Crippen LogP contribution >= 0.6 is 0 Å². The summed E-state index contributed by atoms with van der Waals surface area (Å²) in [6, 6.07) is 6.11. The Morgan fingerprint density at radius 3 is 2.27 bits per heavy atom. The fourth-order valence-corrected chi connectivity index (χ4v) is 8.44. The molecule has 1 aromatic carbocycles. The lowest BCUT2D eigenvalue weighted by molar-refractivity contribution is -0.140. The summed E-state index contributed by atoms with van der Waals surface area (Å²) in [5, 5.41) is 12.0. The summed E-state index contributed by atoms with van der Waals surface area (Å²) < 4.78 is 30.7. The summed E-state index contributed by atoms with van der Waals surface area (Å²) >= 11 is 0. The Kier molecular flexibility index (Phi) is 15.7. The van der Waals surface area contributed by atoms with E-state index in [9.17, 15) is 9.90 Å². The predicted molar refractivity (Wildman–Crippen MR) is 201 cm³/mol. The summed E-state index contributed by atoms with van der Waals surface area (Å²) in [4.78, 5) is 11.9. The van der Waals surface area contributed by atoms with Gasteiger partial charge in [-0.1, -0.05) is 78.8 Å². The Hall–Kier alpha value is -1.94. The smallest absolute Gasteiger partial charge is 0.305 e. The van der Waals surface area contributed by atoms with Gasteiger partial charge < -0.3 is 28.2 Å². The van der Waals surface area contributed by atoms with Crippen molar-refractivity contribution in [3.63, 3.8) is 0 Å². The number of ether oxygens (including phenoxy) is 3. The first-order chi connectivity index (χ1) is 22.2. The fraction of sp³-hybridized carbons (Fsp3) is 0.718. The van der Waals surface area contributed by atoms with E-state index < -0.39 is 22.7 Å². The summed E-state index contributed by atoms with van der Waals surface area (Å²) in [5.74, 6) is 6.59. The SMILES string of the molecule is CC#CCC(C)C(/C=C/[C@@H]1[C@@H](c2cccc(CCCC(=O)OC)c2OCOC)[C@@H](O)C[C@@H]1O[Si](C)(C)C(C)(C)C)O[Si](C)(C)C(C)(C)C. The Morgan fingerprint density at radius 1 is 1.06 bits per heavy atom. The molecule has 2 rings (SSSR count). The highest BCUT2D eigenvalue weighted by Gasteiger charge is 2.49. The first kappa shape index (κ1) is 42.2. The topological polar surface area (TPSA) is 83.5 Å². The first-order valence-corrected chi connectivity index (χ1v) is 23.4. The van der Waals surface area contributed by atoms with Gasteiger partial charge in [0.2, 0.25) is 0 Å². The number of para-hydroxylation sites is 1. The van der Waals surface area contributed by atoms with E-state index in [0.717, 1.165) is 17.5 Å². The molecule has 48 heavy (non-hydrogen) atoms. The van der Waals surface area contributed by atoms with E-state index in [1.165, 1.54) is 7.11 Å². The average Bonchev–Trinajstić information content (AvgIpc) is 3.28. The molecule has 1 N–H and O–H groups in total. The third-order valence-electron chi connectivity index (χ3n) is 10.8. The Labute approximate surface area is 294 Å². The van der Waals surface area contributed by atoms with Crippen molar-refractivity contribution in [2.24, 2.45) is 11.8 Å². The number of carbonyl (C=O) groups is 1. The van der Waals surface area contributed by atoms with Crippen molar-refractivity contribution in [3.05, 3.63) is 41.5 Å². The van der Waals surface area contributed by atoms with Gasteiger partial charge >= 0.3 is 5.97 Å². The largest absolute Gasteiger partial charge is 0.469 e. The van der Waals surface area contributed by atoms with Crippen LogP contribution in [0, 0.1) is 23.7 Å². The number of methoxy groups -OCH3 is 2. The molecule has 0 amide bonds. The minimum absolute atomic E-state index is 0.0118. The second-order valence-electron chi connectivity index (χ2n) is 16.5. The molecule has 6 atom stereocenters. The molecule has 9 heteroatoms. The Morgan fingerprint density at radius 2 is 1.71 bits per heavy atom. The van der Waals surface area contributed by atoms with Crippen LogP contribution in [0.3, 0.4) is 0 Å². The van der Waals surface area contributed by atoms with Crippen LogP contribution in [0.15, 0.2) is 30.4 Å². The van der Waals surface area contributed by atoms with Crippen LogP contribution in [0.1, 0.15) is 98.1 Å². The monoisotopic (exact) mass is 702 g/mol. The molecule has 1 saturated carbocycles. The molecule has 1 fully saturated rings. The van der Waals surface area contributed by atoms with E-state index >= 15 is 0 Å². The molecule has 0 radical (unpaired) electrons. The number of rotatable bonds is 16. The number of aliphatic hydroxyl groups excluding tert-OH is 1. The van der Waals surface area contributed by atoms with Gasteiger partial charge in [0, 0.05) is 37.4 Å². The van der Waals surface area contributed by atoms with E-state index in [1.54, 1.807) is 7.11 Å². The Bertz CT molecular complexity index is 1270. The van der Waals surface area contributed by atoms with Crippen molar-refractivity contribution >= 4 is 22.6 Å². The van der Waals surface area contributed by atoms with Gasteiger partial charge in [0.05, 0.1) is 25.4 Å². The second-order valence-corrected chi connectivity index (χ2v) is 26.0. The predicted octanol–water partition coefficient (Wildman–Crippen LogP) is 9.02. The molecular weight excluding hydrogens is 637 g/mol. The molecule has 0 aliphatic heterocycles. The number of hydrogen-bond acceptors (Lipinski definition) is 7. The van der Waals surface area contributed by atoms with E-state index in [2.05, 4.69) is 105 Å². The lowest BCUT2D eigenvalue weighted by atomic mass is 9.84. The van der Waals surface area contributed by atoms with Crippen LogP contribution < -0.4 is 4.74 Å². The highest BCUT2D eigenvalue weighted by molar-refractivity contribution is 6.74. The minimum Gasteiger partial charge on any atom is -0.469 e. The second kappa shape index (κ2) is 17.8. The third kappa shape index (κ3) is 11.3. The fourth-order valence-electron chi connectivity index (χ4n) is 5.73. The van der Waals surface area contributed by atoms with E-state index in [-0.39, 0.29) is 52.8 Å². The first-order valence-electron chi connectivity index (χ1n) is 17.6. The van der Waals surface area contributed by atoms with Gasteiger partial charge in [0.1, 0.15) is 5.75 Å². The molecule has 1 aliphatic rings. The molecule has 0 spiro atoms. The lowest BCUT2D eigenvalue weighted by Crippen LogP contribution is -2.45. The van der Waals surface area contributed by atoms with Crippen molar-refractivity contribution in [2.45, 2.75) is 148 Å². The molecule has 7 nitrogen and oxygen atoms in total. The number of hydrogen-bond donors (Lipinski definition) is 1. The molecule has 0 saturated heterocycles. The number of carbonyl (C=O) groups excluding carboxylic acids is 1. The number of aryl methyl sites for hydroxylation is 1. The maximum atomic E-state index is 11.9. The molecule has 0 aromatic heterocycles. The third-order valence-corrected chi connectivity index (χ3v) is 19.7. The van der Waals surface area contributed by atoms with Crippen molar-refractivity contribution in [2.75, 3.05) is 21.0 Å². The molecule has 0 heterocycles. The van der Waals surface area contributed by atoms with Crippen molar-refractivity contribution in [1.29, 1.82) is 0 Å². The molecule has 0 bridgehead atoms. The average molecular weight is 703 g/mol. The highest BCUT2D eigenvalue weighted by atomic mass is 28.4. The summed E-state index contributed by atoms with van der Waals surface area (Å²) in [5.41, 5.74) is 1.90. The van der Waals surface area contributed by atoms with Crippen LogP contribution in [-0.4, -0.2) is 67.0 Å². The van der Waals surface area contributed by atoms with Gasteiger partial charge in [-0.2, -0.15) is 0 Å². The van der Waals surface area contributed by atoms with E-state index in [0.29, 0.717) is 31.4 Å². The molecular formula is C39H66O7Si2. The summed E-state index contributed by atoms with van der Waals surface area (Å²) in [6.45, 7) is 26.9. The zero-order chi connectivity index (χ0) is 36.5. The van der Waals surface area contributed by atoms with Gasteiger partial charge in [-0.05, 0) is 73.9 Å².